The molecular formula is C27H26NO4P. The van der Waals surface area contributed by atoms with Crippen LogP contribution in [0.3, 0.4) is 0 Å². The monoisotopic (exact) mass is 459 g/mol. The fourth-order valence-corrected chi connectivity index (χ4v) is 6.43. The SMILES string of the molecule is CCOP(=O)(OCC)c1cccc2c3c(c(-c4ccccc4OC)nc12)Cc1ccccc1-3. The first-order valence-corrected chi connectivity index (χ1v) is 12.7. The van der Waals surface area contributed by atoms with Gasteiger partial charge < -0.3 is 13.8 Å². The van der Waals surface area contributed by atoms with Crippen molar-refractivity contribution in [1.29, 1.82) is 0 Å². The summed E-state index contributed by atoms with van der Waals surface area (Å²) in [4.78, 5) is 5.13. The van der Waals surface area contributed by atoms with Crippen LogP contribution in [0.15, 0.2) is 66.7 Å². The second kappa shape index (κ2) is 8.75. The fourth-order valence-electron chi connectivity index (χ4n) is 4.70. The van der Waals surface area contributed by atoms with Crippen LogP contribution in [0.25, 0.3) is 33.3 Å². The number of methoxy groups -OCH3 is 1. The number of rotatable bonds is 7. The minimum absolute atomic E-state index is 0.279. The summed E-state index contributed by atoms with van der Waals surface area (Å²) in [6, 6.07) is 22.1. The van der Waals surface area contributed by atoms with E-state index in [1.807, 2.05) is 50.2 Å². The van der Waals surface area contributed by atoms with Crippen molar-refractivity contribution in [1.82, 2.24) is 4.98 Å². The molecule has 5 nitrogen and oxygen atoms in total. The standard InChI is InChI=1S/C27H26NO4P/c1-4-31-33(29,32-5-2)24-16-10-14-21-25-19-12-7-6-11-18(19)17-22(25)26(28-27(21)24)20-13-8-9-15-23(20)30-3/h6-16H,4-5,17H2,1-3H3. The summed E-state index contributed by atoms with van der Waals surface area (Å²) in [7, 11) is -1.89. The lowest BCUT2D eigenvalue weighted by Gasteiger charge is -2.20. The van der Waals surface area contributed by atoms with Gasteiger partial charge in [-0.3, -0.25) is 4.57 Å². The summed E-state index contributed by atoms with van der Waals surface area (Å²) in [5, 5.41) is 1.44. The van der Waals surface area contributed by atoms with Crippen LogP contribution in [0.2, 0.25) is 0 Å². The number of nitrogens with zero attached hydrogens (tertiary/aromatic N) is 1. The lowest BCUT2D eigenvalue weighted by atomic mass is 9.96. The minimum atomic E-state index is -3.55. The average Bonchev–Trinajstić information content (AvgIpc) is 3.23. The number of benzene rings is 3. The van der Waals surface area contributed by atoms with E-state index in [-0.39, 0.29) is 13.2 Å². The van der Waals surface area contributed by atoms with E-state index in [4.69, 9.17) is 18.8 Å². The van der Waals surface area contributed by atoms with Crippen molar-refractivity contribution in [2.75, 3.05) is 20.3 Å². The number of hydrogen-bond acceptors (Lipinski definition) is 5. The second-order valence-electron chi connectivity index (χ2n) is 7.85. The van der Waals surface area contributed by atoms with Crippen LogP contribution in [-0.2, 0) is 20.0 Å². The van der Waals surface area contributed by atoms with Gasteiger partial charge in [0.2, 0.25) is 0 Å². The zero-order valence-corrected chi connectivity index (χ0v) is 19.9. The van der Waals surface area contributed by atoms with Crippen LogP contribution in [-0.4, -0.2) is 25.3 Å². The zero-order chi connectivity index (χ0) is 23.0. The molecule has 0 aliphatic heterocycles. The molecule has 4 aromatic rings. The quantitative estimate of drug-likeness (QED) is 0.265. The summed E-state index contributed by atoms with van der Waals surface area (Å²) in [5.41, 5.74) is 7.07. The highest BCUT2D eigenvalue weighted by Crippen LogP contribution is 2.51. The first-order chi connectivity index (χ1) is 16.1. The number of para-hydroxylation sites is 2. The van der Waals surface area contributed by atoms with Crippen LogP contribution in [0, 0.1) is 0 Å². The molecule has 0 atom stereocenters. The summed E-state index contributed by atoms with van der Waals surface area (Å²) in [6.45, 7) is 4.19. The molecule has 0 unspecified atom stereocenters. The minimum Gasteiger partial charge on any atom is -0.496 e. The first kappa shape index (κ1) is 21.8. The van der Waals surface area contributed by atoms with E-state index in [0.29, 0.717) is 10.8 Å². The van der Waals surface area contributed by atoms with Gasteiger partial charge in [0.15, 0.2) is 0 Å². The molecule has 0 spiro atoms. The predicted molar refractivity (Wildman–Crippen MR) is 132 cm³/mol. The molecule has 0 saturated carbocycles. The van der Waals surface area contributed by atoms with Gasteiger partial charge >= 0.3 is 7.60 Å². The third-order valence-electron chi connectivity index (χ3n) is 6.00. The van der Waals surface area contributed by atoms with Crippen molar-refractivity contribution in [3.63, 3.8) is 0 Å². The predicted octanol–water partition coefficient (Wildman–Crippen LogP) is 6.37. The lowest BCUT2D eigenvalue weighted by molar-refractivity contribution is 0.230. The van der Waals surface area contributed by atoms with E-state index < -0.39 is 7.60 Å². The van der Waals surface area contributed by atoms with E-state index in [9.17, 15) is 4.57 Å². The molecular weight excluding hydrogens is 433 g/mol. The highest BCUT2D eigenvalue weighted by atomic mass is 31.2. The van der Waals surface area contributed by atoms with Crippen molar-refractivity contribution >= 4 is 23.8 Å². The Kier molecular flexibility index (Phi) is 5.79. The van der Waals surface area contributed by atoms with E-state index in [1.165, 1.54) is 11.1 Å². The Bertz CT molecular complexity index is 1390. The maximum Gasteiger partial charge on any atom is 0.363 e. The van der Waals surface area contributed by atoms with Crippen LogP contribution in [0.1, 0.15) is 25.0 Å². The normalized spacial score (nSPS) is 12.6. The van der Waals surface area contributed by atoms with Crippen molar-refractivity contribution in [2.24, 2.45) is 0 Å². The number of ether oxygens (including phenoxy) is 1. The van der Waals surface area contributed by atoms with Gasteiger partial charge in [0, 0.05) is 17.4 Å². The van der Waals surface area contributed by atoms with Gasteiger partial charge in [-0.05, 0) is 54.3 Å². The summed E-state index contributed by atoms with van der Waals surface area (Å²) in [6.07, 6.45) is 0.778. The van der Waals surface area contributed by atoms with E-state index in [1.54, 1.807) is 13.2 Å². The van der Waals surface area contributed by atoms with Crippen molar-refractivity contribution in [3.05, 3.63) is 77.9 Å². The smallest absolute Gasteiger partial charge is 0.363 e. The van der Waals surface area contributed by atoms with Gasteiger partial charge in [0.1, 0.15) is 5.75 Å². The van der Waals surface area contributed by atoms with Crippen LogP contribution in [0.4, 0.5) is 0 Å². The first-order valence-electron chi connectivity index (χ1n) is 11.2. The zero-order valence-electron chi connectivity index (χ0n) is 19.0. The molecule has 1 aromatic heterocycles. The Morgan fingerprint density at radius 2 is 1.58 bits per heavy atom. The molecule has 168 valence electrons. The third kappa shape index (κ3) is 3.57. The highest BCUT2D eigenvalue weighted by molar-refractivity contribution is 7.62. The number of fused-ring (bicyclic) bond motifs is 5. The molecule has 33 heavy (non-hydrogen) atoms. The number of pyridine rings is 1. The molecule has 1 heterocycles. The maximum atomic E-state index is 13.8. The lowest BCUT2D eigenvalue weighted by Crippen LogP contribution is -2.14. The van der Waals surface area contributed by atoms with Gasteiger partial charge in [-0.1, -0.05) is 48.5 Å². The molecule has 1 aliphatic rings. The summed E-state index contributed by atoms with van der Waals surface area (Å²) < 4.78 is 30.9. The Morgan fingerprint density at radius 1 is 0.879 bits per heavy atom. The Morgan fingerprint density at radius 3 is 2.30 bits per heavy atom. The van der Waals surface area contributed by atoms with Crippen LogP contribution < -0.4 is 10.0 Å². The summed E-state index contributed by atoms with van der Waals surface area (Å²) in [5.74, 6) is 0.748. The van der Waals surface area contributed by atoms with Gasteiger partial charge in [-0.2, -0.15) is 0 Å². The summed E-state index contributed by atoms with van der Waals surface area (Å²) >= 11 is 0. The van der Waals surface area contributed by atoms with Gasteiger partial charge in [0.25, 0.3) is 0 Å². The van der Waals surface area contributed by atoms with E-state index in [0.717, 1.165) is 39.9 Å². The van der Waals surface area contributed by atoms with E-state index in [2.05, 4.69) is 24.3 Å². The van der Waals surface area contributed by atoms with Gasteiger partial charge in [-0.15, -0.1) is 0 Å². The van der Waals surface area contributed by atoms with Crippen molar-refractivity contribution in [3.8, 4) is 28.1 Å². The van der Waals surface area contributed by atoms with Crippen LogP contribution in [0.5, 0.6) is 5.75 Å². The Labute approximate surface area is 193 Å². The molecule has 0 bridgehead atoms. The molecule has 0 fully saturated rings. The Balaban J connectivity index is 1.90. The largest absolute Gasteiger partial charge is 0.496 e. The topological polar surface area (TPSA) is 57.7 Å². The molecule has 5 rings (SSSR count). The molecule has 3 aromatic carbocycles. The molecule has 0 radical (unpaired) electrons. The van der Waals surface area contributed by atoms with Crippen molar-refractivity contribution in [2.45, 2.75) is 20.3 Å². The highest BCUT2D eigenvalue weighted by Gasteiger charge is 2.33. The molecule has 1 aliphatic carbocycles. The molecule has 0 N–H and O–H groups in total. The van der Waals surface area contributed by atoms with Gasteiger partial charge in [0.05, 0.1) is 36.8 Å². The molecule has 0 saturated heterocycles. The number of aromatic nitrogens is 1. The third-order valence-corrected chi connectivity index (χ3v) is 8.15. The average molecular weight is 459 g/mol. The number of hydrogen-bond donors (Lipinski definition) is 0. The second-order valence-corrected chi connectivity index (χ2v) is 9.85. The van der Waals surface area contributed by atoms with Crippen molar-refractivity contribution < 1.29 is 18.3 Å². The van der Waals surface area contributed by atoms with Crippen LogP contribution >= 0.6 is 7.60 Å². The van der Waals surface area contributed by atoms with Gasteiger partial charge in [-0.25, -0.2) is 4.98 Å². The maximum absolute atomic E-state index is 13.8. The van der Waals surface area contributed by atoms with E-state index >= 15 is 0 Å². The molecule has 0 amide bonds. The fraction of sp³-hybridized carbons (Fsp3) is 0.222. The Hall–Kier alpha value is -2.98. The molecule has 6 heteroatoms.